The molecule has 0 N–H and O–H groups in total. The summed E-state index contributed by atoms with van der Waals surface area (Å²) in [5, 5.41) is 0. The van der Waals surface area contributed by atoms with Crippen molar-refractivity contribution in [2.24, 2.45) is 11.3 Å². The number of carbonyl (C=O) groups is 1. The van der Waals surface area contributed by atoms with E-state index < -0.39 is 0 Å². The topological polar surface area (TPSA) is 20.3 Å². The van der Waals surface area contributed by atoms with Gasteiger partial charge in [-0.25, -0.2) is 4.39 Å². The molecule has 1 saturated heterocycles. The first-order valence-electron chi connectivity index (χ1n) is 7.37. The summed E-state index contributed by atoms with van der Waals surface area (Å²) in [4.78, 5) is 14.3. The molecule has 1 heterocycles. The lowest BCUT2D eigenvalue weighted by Crippen LogP contribution is -2.40. The number of Topliss-reactive ketones (excluding diaryl/α,β-unsaturated/α-hetero) is 1. The maximum Gasteiger partial charge on any atom is 0.176 e. The van der Waals surface area contributed by atoms with Crippen LogP contribution >= 0.6 is 0 Å². The normalized spacial score (nSPS) is 18.2. The number of halogens is 1. The molecule has 1 fully saturated rings. The van der Waals surface area contributed by atoms with Gasteiger partial charge in [-0.05, 0) is 49.4 Å². The minimum atomic E-state index is -0.345. The molecule has 0 aliphatic carbocycles. The highest BCUT2D eigenvalue weighted by Crippen LogP contribution is 2.34. The first-order valence-corrected chi connectivity index (χ1v) is 7.37. The number of likely N-dealkylation sites (tertiary alicyclic amines) is 1. The van der Waals surface area contributed by atoms with Crippen LogP contribution in [0.2, 0.25) is 0 Å². The zero-order valence-electron chi connectivity index (χ0n) is 12.7. The van der Waals surface area contributed by atoms with E-state index in [1.165, 1.54) is 12.1 Å². The molecule has 0 bridgehead atoms. The summed E-state index contributed by atoms with van der Waals surface area (Å²) in [7, 11) is 0. The SMILES string of the molecule is CC(C)(C)C1CCN(CC(=O)c2cccc(F)c2)CC1. The van der Waals surface area contributed by atoms with Crippen molar-refractivity contribution < 1.29 is 9.18 Å². The van der Waals surface area contributed by atoms with E-state index in [0.717, 1.165) is 31.8 Å². The molecule has 0 unspecified atom stereocenters. The number of benzene rings is 1. The van der Waals surface area contributed by atoms with Crippen LogP contribution in [0.15, 0.2) is 24.3 Å². The Morgan fingerprint density at radius 2 is 1.95 bits per heavy atom. The zero-order chi connectivity index (χ0) is 14.8. The third kappa shape index (κ3) is 3.89. The Morgan fingerprint density at radius 3 is 2.50 bits per heavy atom. The highest BCUT2D eigenvalue weighted by atomic mass is 19.1. The van der Waals surface area contributed by atoms with Gasteiger partial charge < -0.3 is 0 Å². The average Bonchev–Trinajstić information content (AvgIpc) is 2.38. The van der Waals surface area contributed by atoms with Gasteiger partial charge in [0.25, 0.3) is 0 Å². The molecule has 20 heavy (non-hydrogen) atoms. The first-order chi connectivity index (χ1) is 9.36. The number of rotatable bonds is 3. The van der Waals surface area contributed by atoms with Crippen LogP contribution in [-0.2, 0) is 0 Å². The van der Waals surface area contributed by atoms with Gasteiger partial charge in [-0.3, -0.25) is 9.69 Å². The number of nitrogens with zero attached hydrogens (tertiary/aromatic N) is 1. The fourth-order valence-corrected chi connectivity index (χ4v) is 2.91. The Bertz CT molecular complexity index is 470. The largest absolute Gasteiger partial charge is 0.296 e. The van der Waals surface area contributed by atoms with E-state index in [0.29, 0.717) is 17.5 Å². The Morgan fingerprint density at radius 1 is 1.30 bits per heavy atom. The molecule has 1 aliphatic heterocycles. The monoisotopic (exact) mass is 277 g/mol. The molecular formula is C17H24FNO. The molecule has 1 aliphatic rings. The fraction of sp³-hybridized carbons (Fsp3) is 0.588. The second-order valence-electron chi connectivity index (χ2n) is 6.85. The number of piperidine rings is 1. The lowest BCUT2D eigenvalue weighted by atomic mass is 9.75. The highest BCUT2D eigenvalue weighted by molar-refractivity contribution is 5.97. The summed E-state index contributed by atoms with van der Waals surface area (Å²) in [6.45, 7) is 9.17. The smallest absolute Gasteiger partial charge is 0.176 e. The molecular weight excluding hydrogens is 253 g/mol. The average molecular weight is 277 g/mol. The van der Waals surface area contributed by atoms with Crippen LogP contribution in [-0.4, -0.2) is 30.3 Å². The molecule has 110 valence electrons. The van der Waals surface area contributed by atoms with Crippen molar-refractivity contribution in [3.05, 3.63) is 35.6 Å². The second-order valence-corrected chi connectivity index (χ2v) is 6.85. The molecule has 0 spiro atoms. The molecule has 0 aromatic heterocycles. The Kier molecular flexibility index (Phi) is 4.59. The van der Waals surface area contributed by atoms with Crippen LogP contribution in [0.1, 0.15) is 44.0 Å². The summed E-state index contributed by atoms with van der Waals surface area (Å²) in [6, 6.07) is 5.97. The maximum atomic E-state index is 13.1. The van der Waals surface area contributed by atoms with Crippen molar-refractivity contribution in [3.63, 3.8) is 0 Å². The van der Waals surface area contributed by atoms with Crippen molar-refractivity contribution in [1.82, 2.24) is 4.90 Å². The lowest BCUT2D eigenvalue weighted by molar-refractivity contribution is 0.0821. The van der Waals surface area contributed by atoms with Gasteiger partial charge in [0.15, 0.2) is 5.78 Å². The number of ketones is 1. The second kappa shape index (κ2) is 6.04. The number of hydrogen-bond donors (Lipinski definition) is 0. The van der Waals surface area contributed by atoms with E-state index in [-0.39, 0.29) is 11.6 Å². The maximum absolute atomic E-state index is 13.1. The predicted octanol–water partition coefficient (Wildman–Crippen LogP) is 3.77. The Balaban J connectivity index is 1.88. The lowest BCUT2D eigenvalue weighted by Gasteiger charge is -2.38. The van der Waals surface area contributed by atoms with Gasteiger partial charge in [0.1, 0.15) is 5.82 Å². The molecule has 1 aromatic carbocycles. The van der Waals surface area contributed by atoms with Crippen molar-refractivity contribution in [2.45, 2.75) is 33.6 Å². The van der Waals surface area contributed by atoms with Crippen molar-refractivity contribution >= 4 is 5.78 Å². The standard InChI is InChI=1S/C17H24FNO/c1-17(2,3)14-7-9-19(10-8-14)12-16(20)13-5-4-6-15(18)11-13/h4-6,11,14H,7-10,12H2,1-3H3. The minimum absolute atomic E-state index is 0.0127. The van der Waals surface area contributed by atoms with Crippen LogP contribution < -0.4 is 0 Å². The molecule has 2 rings (SSSR count). The Hall–Kier alpha value is -1.22. The van der Waals surface area contributed by atoms with Crippen molar-refractivity contribution in [3.8, 4) is 0 Å². The molecule has 0 radical (unpaired) electrons. The Labute approximate surface area is 121 Å². The van der Waals surface area contributed by atoms with E-state index in [4.69, 9.17) is 0 Å². The van der Waals surface area contributed by atoms with E-state index in [9.17, 15) is 9.18 Å². The van der Waals surface area contributed by atoms with Crippen LogP contribution in [0, 0.1) is 17.2 Å². The molecule has 3 heteroatoms. The van der Waals surface area contributed by atoms with Crippen molar-refractivity contribution in [2.75, 3.05) is 19.6 Å². The van der Waals surface area contributed by atoms with Gasteiger partial charge in [0.2, 0.25) is 0 Å². The van der Waals surface area contributed by atoms with Gasteiger partial charge in [-0.1, -0.05) is 32.9 Å². The van der Waals surface area contributed by atoms with Gasteiger partial charge in [0.05, 0.1) is 6.54 Å². The minimum Gasteiger partial charge on any atom is -0.296 e. The third-order valence-corrected chi connectivity index (χ3v) is 4.33. The van der Waals surface area contributed by atoms with Gasteiger partial charge in [-0.15, -0.1) is 0 Å². The van der Waals surface area contributed by atoms with Gasteiger partial charge in [-0.2, -0.15) is 0 Å². The van der Waals surface area contributed by atoms with E-state index in [2.05, 4.69) is 25.7 Å². The summed E-state index contributed by atoms with van der Waals surface area (Å²) in [6.07, 6.45) is 2.28. The highest BCUT2D eigenvalue weighted by Gasteiger charge is 2.29. The molecule has 0 atom stereocenters. The first kappa shape index (κ1) is 15.2. The van der Waals surface area contributed by atoms with Gasteiger partial charge in [0, 0.05) is 5.56 Å². The number of carbonyl (C=O) groups excluding carboxylic acids is 1. The van der Waals surface area contributed by atoms with Crippen molar-refractivity contribution in [1.29, 1.82) is 0 Å². The van der Waals surface area contributed by atoms with Crippen LogP contribution in [0.25, 0.3) is 0 Å². The summed E-state index contributed by atoms with van der Waals surface area (Å²) in [5.41, 5.74) is 0.821. The molecule has 1 aromatic rings. The van der Waals surface area contributed by atoms with Crippen LogP contribution in [0.5, 0.6) is 0 Å². The quantitative estimate of drug-likeness (QED) is 0.784. The summed E-state index contributed by atoms with van der Waals surface area (Å²) >= 11 is 0. The van der Waals surface area contributed by atoms with Crippen LogP contribution in [0.3, 0.4) is 0 Å². The van der Waals surface area contributed by atoms with Crippen LogP contribution in [0.4, 0.5) is 4.39 Å². The molecule has 2 nitrogen and oxygen atoms in total. The summed E-state index contributed by atoms with van der Waals surface area (Å²) < 4.78 is 13.1. The van der Waals surface area contributed by atoms with E-state index in [1.807, 2.05) is 0 Å². The molecule has 0 saturated carbocycles. The van der Waals surface area contributed by atoms with Gasteiger partial charge >= 0.3 is 0 Å². The molecule has 0 amide bonds. The predicted molar refractivity (Wildman–Crippen MR) is 79.3 cm³/mol. The van der Waals surface area contributed by atoms with E-state index >= 15 is 0 Å². The summed E-state index contributed by atoms with van der Waals surface area (Å²) in [5.74, 6) is 0.393. The number of hydrogen-bond acceptors (Lipinski definition) is 2. The third-order valence-electron chi connectivity index (χ3n) is 4.33. The zero-order valence-corrected chi connectivity index (χ0v) is 12.7. The van der Waals surface area contributed by atoms with E-state index in [1.54, 1.807) is 12.1 Å². The fourth-order valence-electron chi connectivity index (χ4n) is 2.91.